The van der Waals surface area contributed by atoms with Crippen LogP contribution in [0.3, 0.4) is 0 Å². The number of benzene rings is 1. The third-order valence-electron chi connectivity index (χ3n) is 3.93. The number of ether oxygens (including phenoxy) is 1. The van der Waals surface area contributed by atoms with Gasteiger partial charge in [0.25, 0.3) is 0 Å². The van der Waals surface area contributed by atoms with Gasteiger partial charge < -0.3 is 15.0 Å². The number of fused-ring (bicyclic) bond motifs is 3. The lowest BCUT2D eigenvalue weighted by molar-refractivity contribution is 0.0292. The van der Waals surface area contributed by atoms with E-state index in [2.05, 4.69) is 33.5 Å². The molecule has 4 nitrogen and oxygen atoms in total. The normalized spacial score (nSPS) is 19.7. The number of nitrogens with one attached hydrogen (secondary N) is 2. The summed E-state index contributed by atoms with van der Waals surface area (Å²) in [4.78, 5) is 7.65. The van der Waals surface area contributed by atoms with Crippen molar-refractivity contribution in [2.24, 2.45) is 0 Å². The number of nitrogens with zero attached hydrogens (tertiary/aromatic N) is 1. The van der Waals surface area contributed by atoms with E-state index in [9.17, 15) is 0 Å². The molecule has 1 aliphatic heterocycles. The Morgan fingerprint density at radius 2 is 2.15 bits per heavy atom. The lowest BCUT2D eigenvalue weighted by atomic mass is 10.0. The van der Waals surface area contributed by atoms with Gasteiger partial charge in [0.05, 0.1) is 12.7 Å². The minimum absolute atomic E-state index is 0.282. The second kappa shape index (κ2) is 4.89. The summed E-state index contributed by atoms with van der Waals surface area (Å²) in [6.07, 6.45) is 4.98. The Hall–Kier alpha value is -1.91. The first-order chi connectivity index (χ1) is 9.90. The molecule has 4 heteroatoms. The molecule has 2 N–H and O–H groups in total. The van der Waals surface area contributed by atoms with Crippen LogP contribution in [0.4, 0.5) is 0 Å². The Balaban J connectivity index is 1.71. The molecule has 4 rings (SSSR count). The van der Waals surface area contributed by atoms with Gasteiger partial charge in [-0.05, 0) is 30.2 Å². The molecule has 1 fully saturated rings. The third-order valence-corrected chi connectivity index (χ3v) is 3.93. The van der Waals surface area contributed by atoms with E-state index in [0.717, 1.165) is 31.6 Å². The second-order valence-corrected chi connectivity index (χ2v) is 5.33. The SMILES string of the molecule is c1cc2[nH]c3ccc(CC4CNCCO4)cc3c2cn1. The highest BCUT2D eigenvalue weighted by Gasteiger charge is 2.14. The predicted molar refractivity (Wildman–Crippen MR) is 79.9 cm³/mol. The summed E-state index contributed by atoms with van der Waals surface area (Å²) in [7, 11) is 0. The number of rotatable bonds is 2. The topological polar surface area (TPSA) is 49.9 Å². The minimum atomic E-state index is 0.282. The average Bonchev–Trinajstić information content (AvgIpc) is 2.86. The molecule has 1 aromatic carbocycles. The molecule has 1 unspecified atom stereocenters. The molecule has 0 spiro atoms. The van der Waals surface area contributed by atoms with Crippen molar-refractivity contribution < 1.29 is 4.74 Å². The van der Waals surface area contributed by atoms with Crippen molar-refractivity contribution in [3.05, 3.63) is 42.2 Å². The Morgan fingerprint density at radius 1 is 1.20 bits per heavy atom. The van der Waals surface area contributed by atoms with Crippen LogP contribution in [0.25, 0.3) is 21.8 Å². The highest BCUT2D eigenvalue weighted by atomic mass is 16.5. The summed E-state index contributed by atoms with van der Waals surface area (Å²) in [5.41, 5.74) is 3.62. The summed E-state index contributed by atoms with van der Waals surface area (Å²) < 4.78 is 5.78. The number of morpholine rings is 1. The number of hydrogen-bond donors (Lipinski definition) is 2. The van der Waals surface area contributed by atoms with E-state index in [4.69, 9.17) is 4.74 Å². The van der Waals surface area contributed by atoms with Crippen LogP contribution in [0.15, 0.2) is 36.7 Å². The molecule has 102 valence electrons. The maximum absolute atomic E-state index is 5.78. The standard InChI is InChI=1S/C16H17N3O/c1-2-15-13(14-10-17-4-3-16(14)19-15)8-11(1)7-12-9-18-5-6-20-12/h1-4,8,10,12,18-19H,5-7,9H2. The molecule has 0 bridgehead atoms. The van der Waals surface area contributed by atoms with E-state index < -0.39 is 0 Å². The van der Waals surface area contributed by atoms with Crippen molar-refractivity contribution in [1.29, 1.82) is 0 Å². The minimum Gasteiger partial charge on any atom is -0.375 e. The zero-order valence-electron chi connectivity index (χ0n) is 11.2. The summed E-state index contributed by atoms with van der Waals surface area (Å²) in [5.74, 6) is 0. The highest BCUT2D eigenvalue weighted by molar-refractivity contribution is 6.06. The van der Waals surface area contributed by atoms with Gasteiger partial charge in [-0.1, -0.05) is 6.07 Å². The number of pyridine rings is 1. The first-order valence-electron chi connectivity index (χ1n) is 7.07. The van der Waals surface area contributed by atoms with Crippen molar-refractivity contribution in [2.75, 3.05) is 19.7 Å². The van der Waals surface area contributed by atoms with E-state index in [1.807, 2.05) is 18.5 Å². The van der Waals surface area contributed by atoms with E-state index in [1.54, 1.807) is 0 Å². The molecule has 0 radical (unpaired) electrons. The summed E-state index contributed by atoms with van der Waals surface area (Å²) >= 11 is 0. The van der Waals surface area contributed by atoms with Crippen molar-refractivity contribution in [3.63, 3.8) is 0 Å². The maximum atomic E-state index is 5.78. The summed E-state index contributed by atoms with van der Waals surface area (Å²) in [5, 5.41) is 5.81. The number of H-pyrrole nitrogens is 1. The molecule has 0 aliphatic carbocycles. The Labute approximate surface area is 117 Å². The lowest BCUT2D eigenvalue weighted by Gasteiger charge is -2.23. The van der Waals surface area contributed by atoms with Crippen molar-refractivity contribution >= 4 is 21.8 Å². The van der Waals surface area contributed by atoms with Crippen LogP contribution >= 0.6 is 0 Å². The van der Waals surface area contributed by atoms with Gasteiger partial charge in [0, 0.05) is 47.3 Å². The van der Waals surface area contributed by atoms with Gasteiger partial charge in [0.15, 0.2) is 0 Å². The van der Waals surface area contributed by atoms with E-state index in [0.29, 0.717) is 0 Å². The summed E-state index contributed by atoms with van der Waals surface area (Å²) in [6.45, 7) is 2.71. The molecule has 0 saturated carbocycles. The fourth-order valence-corrected chi connectivity index (χ4v) is 2.93. The average molecular weight is 267 g/mol. The number of hydrogen-bond acceptors (Lipinski definition) is 3. The van der Waals surface area contributed by atoms with Crippen LogP contribution in [0.2, 0.25) is 0 Å². The second-order valence-electron chi connectivity index (χ2n) is 5.33. The van der Waals surface area contributed by atoms with Crippen molar-refractivity contribution in [1.82, 2.24) is 15.3 Å². The molecule has 1 saturated heterocycles. The largest absolute Gasteiger partial charge is 0.375 e. The quantitative estimate of drug-likeness (QED) is 0.748. The highest BCUT2D eigenvalue weighted by Crippen LogP contribution is 2.25. The van der Waals surface area contributed by atoms with Gasteiger partial charge in [0.1, 0.15) is 0 Å². The molecule has 20 heavy (non-hydrogen) atoms. The Kier molecular flexibility index (Phi) is 2.90. The zero-order chi connectivity index (χ0) is 13.4. The maximum Gasteiger partial charge on any atom is 0.0740 e. The molecule has 1 aliphatic rings. The van der Waals surface area contributed by atoms with Gasteiger partial charge in [-0.15, -0.1) is 0 Å². The predicted octanol–water partition coefficient (Wildman–Crippen LogP) is 2.25. The molecule has 1 atom stereocenters. The van der Waals surface area contributed by atoms with Gasteiger partial charge in [0.2, 0.25) is 0 Å². The fourth-order valence-electron chi connectivity index (χ4n) is 2.93. The molecule has 0 amide bonds. The fraction of sp³-hybridized carbons (Fsp3) is 0.312. The molecule has 3 aromatic rings. The molecule has 3 heterocycles. The van der Waals surface area contributed by atoms with E-state index in [1.165, 1.54) is 21.9 Å². The molecule has 2 aromatic heterocycles. The Bertz CT molecular complexity index is 744. The number of aromatic amines is 1. The van der Waals surface area contributed by atoms with Crippen LogP contribution in [0.1, 0.15) is 5.56 Å². The van der Waals surface area contributed by atoms with Crippen LogP contribution < -0.4 is 5.32 Å². The van der Waals surface area contributed by atoms with Crippen molar-refractivity contribution in [2.45, 2.75) is 12.5 Å². The van der Waals surface area contributed by atoms with E-state index in [-0.39, 0.29) is 6.10 Å². The Morgan fingerprint density at radius 3 is 3.05 bits per heavy atom. The van der Waals surface area contributed by atoms with Crippen LogP contribution in [-0.2, 0) is 11.2 Å². The van der Waals surface area contributed by atoms with Gasteiger partial charge in [-0.3, -0.25) is 4.98 Å². The molecular formula is C16H17N3O. The van der Waals surface area contributed by atoms with Crippen molar-refractivity contribution in [3.8, 4) is 0 Å². The lowest BCUT2D eigenvalue weighted by Crippen LogP contribution is -2.39. The first-order valence-corrected chi connectivity index (χ1v) is 7.07. The zero-order valence-corrected chi connectivity index (χ0v) is 11.2. The summed E-state index contributed by atoms with van der Waals surface area (Å²) in [6, 6.07) is 8.61. The first kappa shape index (κ1) is 11.9. The van der Waals surface area contributed by atoms with Crippen LogP contribution in [0, 0.1) is 0 Å². The smallest absolute Gasteiger partial charge is 0.0740 e. The van der Waals surface area contributed by atoms with Crippen LogP contribution in [-0.4, -0.2) is 35.8 Å². The monoisotopic (exact) mass is 267 g/mol. The number of aromatic nitrogens is 2. The van der Waals surface area contributed by atoms with Gasteiger partial charge >= 0.3 is 0 Å². The van der Waals surface area contributed by atoms with Gasteiger partial charge in [-0.25, -0.2) is 0 Å². The van der Waals surface area contributed by atoms with Gasteiger partial charge in [-0.2, -0.15) is 0 Å². The van der Waals surface area contributed by atoms with Crippen LogP contribution in [0.5, 0.6) is 0 Å². The van der Waals surface area contributed by atoms with E-state index >= 15 is 0 Å². The molecular weight excluding hydrogens is 250 g/mol. The third kappa shape index (κ3) is 2.07.